The van der Waals surface area contributed by atoms with Crippen LogP contribution in [0.1, 0.15) is 39.8 Å². The van der Waals surface area contributed by atoms with Gasteiger partial charge in [0.15, 0.2) is 0 Å². The number of nitrogens with one attached hydrogen (secondary N) is 2. The Kier molecular flexibility index (Phi) is 5.83. The number of carbonyl (C=O) groups is 2. The second-order valence-corrected chi connectivity index (χ2v) is 7.06. The average Bonchev–Trinajstić information content (AvgIpc) is 3.31. The molecule has 2 heterocycles. The monoisotopic (exact) mass is 357 g/mol. The zero-order valence-electron chi connectivity index (χ0n) is 14.3. The number of carbonyl (C=O) groups excluding carboxylic acids is 2. The highest BCUT2D eigenvalue weighted by Crippen LogP contribution is 2.19. The maximum absolute atomic E-state index is 12.6. The Morgan fingerprint density at radius 1 is 1.20 bits per heavy atom. The van der Waals surface area contributed by atoms with Crippen LogP contribution in [0.5, 0.6) is 0 Å². The van der Waals surface area contributed by atoms with Gasteiger partial charge in [-0.05, 0) is 49.5 Å². The van der Waals surface area contributed by atoms with Crippen molar-refractivity contribution in [3.8, 4) is 0 Å². The van der Waals surface area contributed by atoms with Crippen LogP contribution < -0.4 is 10.6 Å². The van der Waals surface area contributed by atoms with Gasteiger partial charge in [-0.25, -0.2) is 0 Å². The Hall–Kier alpha value is -2.18. The van der Waals surface area contributed by atoms with Gasteiger partial charge in [-0.1, -0.05) is 25.1 Å². The van der Waals surface area contributed by atoms with E-state index in [1.165, 1.54) is 17.8 Å². The normalized spacial score (nSPS) is 17.4. The molecule has 3 rings (SSSR count). The molecule has 25 heavy (non-hydrogen) atoms. The number of thiophene rings is 1. The fraction of sp³-hybridized carbons (Fsp3) is 0.368. The van der Waals surface area contributed by atoms with Gasteiger partial charge in [0, 0.05) is 12.6 Å². The molecule has 1 fully saturated rings. The summed E-state index contributed by atoms with van der Waals surface area (Å²) in [4.78, 5) is 27.9. The van der Waals surface area contributed by atoms with E-state index >= 15 is 0 Å². The number of hydrogen-bond donors (Lipinski definition) is 2. The van der Waals surface area contributed by atoms with E-state index in [9.17, 15) is 9.59 Å². The minimum atomic E-state index is -0.191. The SMILES string of the molecule is CCN1CCCC1CNC(=O)c1ccccc1NC(=O)c1cccs1. The number of para-hydroxylation sites is 1. The first-order chi connectivity index (χ1) is 12.2. The van der Waals surface area contributed by atoms with E-state index in [4.69, 9.17) is 0 Å². The minimum absolute atomic E-state index is 0.148. The number of hydrogen-bond acceptors (Lipinski definition) is 4. The third kappa shape index (κ3) is 4.27. The standard InChI is InChI=1S/C19H23N3O2S/c1-2-22-11-5-7-14(22)13-20-18(23)15-8-3-4-9-16(15)21-19(24)17-10-6-12-25-17/h3-4,6,8-10,12,14H,2,5,7,11,13H2,1H3,(H,20,23)(H,21,24). The number of nitrogens with zero attached hydrogens (tertiary/aromatic N) is 1. The minimum Gasteiger partial charge on any atom is -0.350 e. The quantitative estimate of drug-likeness (QED) is 0.834. The summed E-state index contributed by atoms with van der Waals surface area (Å²) in [5, 5.41) is 7.72. The largest absolute Gasteiger partial charge is 0.350 e. The van der Waals surface area contributed by atoms with Crippen LogP contribution in [0.4, 0.5) is 5.69 Å². The summed E-state index contributed by atoms with van der Waals surface area (Å²) in [5.74, 6) is -0.340. The van der Waals surface area contributed by atoms with Crippen LogP contribution in [-0.4, -0.2) is 42.4 Å². The second kappa shape index (κ2) is 8.27. The van der Waals surface area contributed by atoms with E-state index in [2.05, 4.69) is 22.5 Å². The molecule has 0 spiro atoms. The fourth-order valence-corrected chi connectivity index (χ4v) is 3.85. The molecule has 1 aromatic carbocycles. The first kappa shape index (κ1) is 17.6. The van der Waals surface area contributed by atoms with Gasteiger partial charge in [-0.15, -0.1) is 11.3 Å². The highest BCUT2D eigenvalue weighted by molar-refractivity contribution is 7.12. The number of likely N-dealkylation sites (tertiary alicyclic amines) is 1. The summed E-state index contributed by atoms with van der Waals surface area (Å²) in [7, 11) is 0. The molecule has 2 N–H and O–H groups in total. The Morgan fingerprint density at radius 2 is 2.04 bits per heavy atom. The van der Waals surface area contributed by atoms with Crippen LogP contribution in [0.3, 0.4) is 0 Å². The van der Waals surface area contributed by atoms with Crippen LogP contribution in [0.25, 0.3) is 0 Å². The van der Waals surface area contributed by atoms with Crippen LogP contribution in [-0.2, 0) is 0 Å². The molecule has 0 saturated carbocycles. The Labute approximate surface area is 152 Å². The van der Waals surface area contributed by atoms with E-state index in [1.807, 2.05) is 23.6 Å². The van der Waals surface area contributed by atoms with Crippen molar-refractivity contribution in [2.75, 3.05) is 25.0 Å². The molecule has 0 aliphatic carbocycles. The Balaban J connectivity index is 1.65. The molecule has 0 radical (unpaired) electrons. The zero-order chi connectivity index (χ0) is 17.6. The van der Waals surface area contributed by atoms with Gasteiger partial charge < -0.3 is 10.6 Å². The molecule has 2 aromatic rings. The van der Waals surface area contributed by atoms with Crippen molar-refractivity contribution in [2.24, 2.45) is 0 Å². The Bertz CT molecular complexity index is 730. The predicted molar refractivity (Wildman–Crippen MR) is 101 cm³/mol. The van der Waals surface area contributed by atoms with Crippen molar-refractivity contribution < 1.29 is 9.59 Å². The molecule has 1 aliphatic rings. The lowest BCUT2D eigenvalue weighted by Gasteiger charge is -2.23. The van der Waals surface area contributed by atoms with Gasteiger partial charge >= 0.3 is 0 Å². The zero-order valence-corrected chi connectivity index (χ0v) is 15.1. The van der Waals surface area contributed by atoms with Gasteiger partial charge in [-0.2, -0.15) is 0 Å². The lowest BCUT2D eigenvalue weighted by molar-refractivity contribution is 0.0942. The van der Waals surface area contributed by atoms with E-state index in [0.29, 0.717) is 28.7 Å². The molecule has 1 unspecified atom stereocenters. The predicted octanol–water partition coefficient (Wildman–Crippen LogP) is 3.21. The van der Waals surface area contributed by atoms with Crippen molar-refractivity contribution >= 4 is 28.8 Å². The second-order valence-electron chi connectivity index (χ2n) is 6.11. The number of likely N-dealkylation sites (N-methyl/N-ethyl adjacent to an activating group) is 1. The van der Waals surface area contributed by atoms with E-state index < -0.39 is 0 Å². The smallest absolute Gasteiger partial charge is 0.265 e. The molecule has 1 saturated heterocycles. The third-order valence-electron chi connectivity index (χ3n) is 4.57. The van der Waals surface area contributed by atoms with Crippen LogP contribution in [0.15, 0.2) is 41.8 Å². The molecular weight excluding hydrogens is 334 g/mol. The first-order valence-electron chi connectivity index (χ1n) is 8.65. The molecule has 6 heteroatoms. The topological polar surface area (TPSA) is 61.4 Å². The maximum atomic E-state index is 12.6. The van der Waals surface area contributed by atoms with Gasteiger partial charge in [-0.3, -0.25) is 14.5 Å². The lowest BCUT2D eigenvalue weighted by Crippen LogP contribution is -2.40. The molecule has 1 aromatic heterocycles. The summed E-state index contributed by atoms with van der Waals surface area (Å²) in [5.41, 5.74) is 1.03. The van der Waals surface area contributed by atoms with E-state index in [0.717, 1.165) is 19.5 Å². The number of amides is 2. The molecule has 132 valence electrons. The highest BCUT2D eigenvalue weighted by Gasteiger charge is 2.23. The average molecular weight is 357 g/mol. The Morgan fingerprint density at radius 3 is 2.80 bits per heavy atom. The van der Waals surface area contributed by atoms with Crippen molar-refractivity contribution in [2.45, 2.75) is 25.8 Å². The molecular formula is C19H23N3O2S. The van der Waals surface area contributed by atoms with Crippen LogP contribution in [0.2, 0.25) is 0 Å². The number of benzene rings is 1. The lowest BCUT2D eigenvalue weighted by atomic mass is 10.1. The molecule has 5 nitrogen and oxygen atoms in total. The van der Waals surface area contributed by atoms with Crippen LogP contribution >= 0.6 is 11.3 Å². The van der Waals surface area contributed by atoms with Gasteiger partial charge in [0.1, 0.15) is 0 Å². The molecule has 1 aliphatic heterocycles. The van der Waals surface area contributed by atoms with Crippen molar-refractivity contribution in [3.05, 3.63) is 52.2 Å². The van der Waals surface area contributed by atoms with Crippen molar-refractivity contribution in [1.29, 1.82) is 0 Å². The summed E-state index contributed by atoms with van der Waals surface area (Å²) in [6.45, 7) is 4.90. The first-order valence-corrected chi connectivity index (χ1v) is 9.53. The van der Waals surface area contributed by atoms with Gasteiger partial charge in [0.05, 0.1) is 16.1 Å². The highest BCUT2D eigenvalue weighted by atomic mass is 32.1. The summed E-state index contributed by atoms with van der Waals surface area (Å²) >= 11 is 1.38. The third-order valence-corrected chi connectivity index (χ3v) is 5.44. The van der Waals surface area contributed by atoms with Crippen LogP contribution in [0, 0.1) is 0 Å². The van der Waals surface area contributed by atoms with Crippen molar-refractivity contribution in [3.63, 3.8) is 0 Å². The van der Waals surface area contributed by atoms with E-state index in [-0.39, 0.29) is 11.8 Å². The number of rotatable bonds is 6. The fourth-order valence-electron chi connectivity index (χ4n) is 3.23. The molecule has 1 atom stereocenters. The maximum Gasteiger partial charge on any atom is 0.265 e. The van der Waals surface area contributed by atoms with E-state index in [1.54, 1.807) is 18.2 Å². The van der Waals surface area contributed by atoms with Crippen molar-refractivity contribution in [1.82, 2.24) is 10.2 Å². The molecule has 0 bridgehead atoms. The summed E-state index contributed by atoms with van der Waals surface area (Å²) < 4.78 is 0. The summed E-state index contributed by atoms with van der Waals surface area (Å²) in [6, 6.07) is 11.1. The summed E-state index contributed by atoms with van der Waals surface area (Å²) in [6.07, 6.45) is 2.30. The molecule has 2 amide bonds. The number of anilines is 1. The van der Waals surface area contributed by atoms with Gasteiger partial charge in [0.2, 0.25) is 0 Å². The van der Waals surface area contributed by atoms with Gasteiger partial charge in [0.25, 0.3) is 11.8 Å².